The number of amides is 2. The Balaban J connectivity index is 1.39. The third-order valence-electron chi connectivity index (χ3n) is 12.2. The predicted molar refractivity (Wildman–Crippen MR) is 251 cm³/mol. The lowest BCUT2D eigenvalue weighted by Crippen LogP contribution is -2.53. The number of anilines is 1. The van der Waals surface area contributed by atoms with Gasteiger partial charge in [0, 0.05) is 51.0 Å². The van der Waals surface area contributed by atoms with E-state index in [-0.39, 0.29) is 50.1 Å². The average Bonchev–Trinajstić information content (AvgIpc) is 3.65. The van der Waals surface area contributed by atoms with Crippen molar-refractivity contribution in [2.45, 2.75) is 147 Å². The van der Waals surface area contributed by atoms with Crippen LogP contribution in [0.25, 0.3) is 0 Å². The van der Waals surface area contributed by atoms with Gasteiger partial charge in [0.1, 0.15) is 18.2 Å². The SMILES string of the molecule is CCCCO[C@@H]1[C@@H](OC(=O)N[C@@H](Cc2ccccc2)[C@H](O)CN(CC(C)C)S(=O)(=O)c2ccc(N)cc2)[C@@H](OC)O[C@@H]1C(O)CNCCCOC(=O)[C@H]1CCCCN1C(=O)C(=O)C(C)(C)CC. The fourth-order valence-corrected chi connectivity index (χ4v) is 9.54. The smallest absolute Gasteiger partial charge is 0.408 e. The number of hydrogen-bond donors (Lipinski definition) is 5. The molecule has 18 nitrogen and oxygen atoms in total. The number of nitrogen functional groups attached to an aromatic ring is 1. The summed E-state index contributed by atoms with van der Waals surface area (Å²) >= 11 is 0. The van der Waals surface area contributed by atoms with Gasteiger partial charge in [-0.3, -0.25) is 9.59 Å². The molecule has 0 radical (unpaired) electrons. The second-order valence-electron chi connectivity index (χ2n) is 18.4. The van der Waals surface area contributed by atoms with Gasteiger partial charge < -0.3 is 55.2 Å². The van der Waals surface area contributed by atoms with E-state index in [2.05, 4.69) is 10.6 Å². The Morgan fingerprint density at radius 1 is 0.970 bits per heavy atom. The highest BCUT2D eigenvalue weighted by Gasteiger charge is 2.51. The Labute approximate surface area is 396 Å². The van der Waals surface area contributed by atoms with E-state index >= 15 is 0 Å². The number of ether oxygens (including phenoxy) is 5. The van der Waals surface area contributed by atoms with Crippen LogP contribution in [0.1, 0.15) is 92.1 Å². The Morgan fingerprint density at radius 2 is 1.67 bits per heavy atom. The summed E-state index contributed by atoms with van der Waals surface area (Å²) in [6.07, 6.45) is -3.47. The van der Waals surface area contributed by atoms with Crippen LogP contribution in [0.4, 0.5) is 10.5 Å². The number of sulfonamides is 1. The number of nitrogens with zero attached hydrogens (tertiary/aromatic N) is 2. The number of unbranched alkanes of at least 4 members (excludes halogenated alkanes) is 1. The van der Waals surface area contributed by atoms with Crippen molar-refractivity contribution >= 4 is 39.5 Å². The van der Waals surface area contributed by atoms with Gasteiger partial charge in [0.15, 0.2) is 12.4 Å². The van der Waals surface area contributed by atoms with Gasteiger partial charge >= 0.3 is 12.1 Å². The lowest BCUT2D eigenvalue weighted by atomic mass is 9.84. The van der Waals surface area contributed by atoms with Crippen molar-refractivity contribution in [3.8, 4) is 0 Å². The van der Waals surface area contributed by atoms with Gasteiger partial charge in [-0.1, -0.05) is 78.3 Å². The second kappa shape index (κ2) is 26.5. The van der Waals surface area contributed by atoms with E-state index in [9.17, 15) is 37.8 Å². The number of Topliss-reactive ketones (excluding diaryl/α,β-unsaturated/α-hetero) is 1. The fourth-order valence-electron chi connectivity index (χ4n) is 7.92. The molecule has 0 bridgehead atoms. The summed E-state index contributed by atoms with van der Waals surface area (Å²) in [6, 6.07) is 13.1. The first-order valence-electron chi connectivity index (χ1n) is 23.6. The van der Waals surface area contributed by atoms with Gasteiger partial charge in [-0.15, -0.1) is 0 Å². The van der Waals surface area contributed by atoms with Crippen LogP contribution in [-0.4, -0.2) is 154 Å². The van der Waals surface area contributed by atoms with Crippen molar-refractivity contribution in [3.05, 3.63) is 60.2 Å². The molecule has 19 heteroatoms. The highest BCUT2D eigenvalue weighted by atomic mass is 32.2. The number of likely N-dealkylation sites (tertiary alicyclic amines) is 1. The molecule has 2 aromatic carbocycles. The largest absolute Gasteiger partial charge is 0.464 e. The Morgan fingerprint density at radius 3 is 2.31 bits per heavy atom. The van der Waals surface area contributed by atoms with Crippen LogP contribution in [0.15, 0.2) is 59.5 Å². The van der Waals surface area contributed by atoms with Crippen LogP contribution in [0, 0.1) is 11.3 Å². The summed E-state index contributed by atoms with van der Waals surface area (Å²) in [5.74, 6) is -1.83. The van der Waals surface area contributed by atoms with E-state index in [1.54, 1.807) is 13.8 Å². The zero-order valence-electron chi connectivity index (χ0n) is 40.3. The second-order valence-corrected chi connectivity index (χ2v) is 20.4. The average molecular weight is 962 g/mol. The van der Waals surface area contributed by atoms with E-state index in [1.807, 2.05) is 58.0 Å². The Bertz CT molecular complexity index is 1970. The van der Waals surface area contributed by atoms with Gasteiger partial charge in [-0.2, -0.15) is 4.31 Å². The molecule has 4 rings (SSSR count). The number of carbonyl (C=O) groups excluding carboxylic acids is 4. The first kappa shape index (κ1) is 55.4. The van der Waals surface area contributed by atoms with Crippen LogP contribution in [0.2, 0.25) is 0 Å². The molecule has 2 heterocycles. The molecule has 2 aliphatic heterocycles. The van der Waals surface area contributed by atoms with Crippen molar-refractivity contribution in [1.29, 1.82) is 0 Å². The van der Waals surface area contributed by atoms with E-state index < -0.39 is 88.1 Å². The summed E-state index contributed by atoms with van der Waals surface area (Å²) in [4.78, 5) is 54.4. The first-order valence-corrected chi connectivity index (χ1v) is 25.0. The highest BCUT2D eigenvalue weighted by molar-refractivity contribution is 7.89. The van der Waals surface area contributed by atoms with Crippen molar-refractivity contribution in [3.63, 3.8) is 0 Å². The Kier molecular flexibility index (Phi) is 21.9. The number of rotatable bonds is 27. The van der Waals surface area contributed by atoms with E-state index in [0.717, 1.165) is 18.4 Å². The molecule has 0 saturated carbocycles. The van der Waals surface area contributed by atoms with Crippen molar-refractivity contribution in [2.24, 2.45) is 11.3 Å². The number of ketones is 1. The van der Waals surface area contributed by atoms with Gasteiger partial charge in [0.25, 0.3) is 5.91 Å². The quantitative estimate of drug-likeness (QED) is 0.0370. The number of nitrogens with one attached hydrogen (secondary N) is 2. The molecule has 2 aliphatic rings. The molecule has 0 aliphatic carbocycles. The number of nitrogens with two attached hydrogens (primary N) is 1. The number of methoxy groups -OCH3 is 1. The molecule has 2 saturated heterocycles. The maximum atomic E-state index is 13.9. The predicted octanol–water partition coefficient (Wildman–Crippen LogP) is 3.81. The molecule has 2 fully saturated rings. The summed E-state index contributed by atoms with van der Waals surface area (Å²) in [5, 5.41) is 29.1. The lowest BCUT2D eigenvalue weighted by molar-refractivity contribution is -0.163. The third kappa shape index (κ3) is 15.9. The van der Waals surface area contributed by atoms with Crippen molar-refractivity contribution in [2.75, 3.05) is 58.8 Å². The Hall–Kier alpha value is -4.21. The third-order valence-corrected chi connectivity index (χ3v) is 14.1. The van der Waals surface area contributed by atoms with Crippen LogP contribution in [-0.2, 0) is 54.5 Å². The number of aliphatic hydroxyl groups excluding tert-OH is 2. The van der Waals surface area contributed by atoms with E-state index in [4.69, 9.17) is 29.4 Å². The first-order chi connectivity index (χ1) is 31.8. The molecule has 0 spiro atoms. The molecule has 0 aromatic heterocycles. The highest BCUT2D eigenvalue weighted by Crippen LogP contribution is 2.31. The number of benzene rings is 2. The zero-order valence-corrected chi connectivity index (χ0v) is 41.1. The van der Waals surface area contributed by atoms with Crippen LogP contribution >= 0.6 is 0 Å². The van der Waals surface area contributed by atoms with E-state index in [0.29, 0.717) is 50.9 Å². The minimum atomic E-state index is -4.08. The lowest BCUT2D eigenvalue weighted by Gasteiger charge is -2.35. The number of piperidine rings is 1. The summed E-state index contributed by atoms with van der Waals surface area (Å²) in [5.41, 5.74) is 6.16. The number of alkyl carbamates (subject to hydrolysis) is 1. The minimum Gasteiger partial charge on any atom is -0.464 e. The van der Waals surface area contributed by atoms with E-state index in [1.165, 1.54) is 40.6 Å². The fraction of sp³-hybridized carbons (Fsp3) is 0.667. The standard InChI is InChI=1S/C48H75N5O13S/c1-8-10-26-63-41-40(38(54)29-50-24-16-27-64-45(58)37-19-14-15-25-53(37)44(57)43(56)48(5,6)9-2)65-46(62-7)42(41)66-47(59)51-36(28-33-17-12-11-13-18-33)39(55)31-52(30-32(3)4)67(60,61)35-22-20-34(49)21-23-35/h11-13,17-18,20-23,32,36-42,46,50,54-55H,8-10,14-16,19,24-31,49H2,1-7H3,(H,51,59)/t36-,37+,38?,39+,40+,41-,42+,46-/m0/s1. The number of esters is 1. The maximum Gasteiger partial charge on any atom is 0.408 e. The van der Waals surface area contributed by atoms with Crippen molar-refractivity contribution in [1.82, 2.24) is 19.8 Å². The molecule has 376 valence electrons. The number of carbonyl (C=O) groups is 4. The normalized spacial score (nSPS) is 21.5. The molecule has 8 atom stereocenters. The zero-order chi connectivity index (χ0) is 49.3. The topological polar surface area (TPSA) is 246 Å². The van der Waals surface area contributed by atoms with Crippen LogP contribution in [0.3, 0.4) is 0 Å². The number of hydrogen-bond acceptors (Lipinski definition) is 15. The van der Waals surface area contributed by atoms with Gasteiger partial charge in [0.05, 0.1) is 29.8 Å². The van der Waals surface area contributed by atoms with Gasteiger partial charge in [0.2, 0.25) is 15.8 Å². The van der Waals surface area contributed by atoms with Crippen molar-refractivity contribution < 1.29 is 61.5 Å². The number of aliphatic hydroxyl groups is 2. The van der Waals surface area contributed by atoms with Gasteiger partial charge in [-0.25, -0.2) is 18.0 Å². The van der Waals surface area contributed by atoms with Crippen LogP contribution < -0.4 is 16.4 Å². The molecule has 2 aromatic rings. The molecule has 2 amide bonds. The molecule has 67 heavy (non-hydrogen) atoms. The van der Waals surface area contributed by atoms with Crippen LogP contribution in [0.5, 0.6) is 0 Å². The summed E-state index contributed by atoms with van der Waals surface area (Å²) in [6.45, 7) is 11.7. The molecule has 6 N–H and O–H groups in total. The summed E-state index contributed by atoms with van der Waals surface area (Å²) < 4.78 is 58.4. The molecule has 1 unspecified atom stereocenters. The molecular weight excluding hydrogens is 887 g/mol. The van der Waals surface area contributed by atoms with Gasteiger partial charge in [-0.05, 0) is 87.2 Å². The monoisotopic (exact) mass is 962 g/mol. The minimum absolute atomic E-state index is 0.0129. The summed E-state index contributed by atoms with van der Waals surface area (Å²) in [7, 11) is -2.71. The molecular formula is C48H75N5O13S. The maximum absolute atomic E-state index is 13.9.